The number of fused-ring (bicyclic) bond motifs is 1. The first-order valence-corrected chi connectivity index (χ1v) is 15.8. The molecule has 2 fully saturated rings. The van der Waals surface area contributed by atoms with Crippen molar-refractivity contribution in [2.45, 2.75) is 49.8 Å². The van der Waals surface area contributed by atoms with Crippen LogP contribution in [0.3, 0.4) is 0 Å². The summed E-state index contributed by atoms with van der Waals surface area (Å²) >= 11 is 1.75. The van der Waals surface area contributed by atoms with Gasteiger partial charge in [0.05, 0.1) is 43.4 Å². The minimum atomic E-state index is -0.768. The third kappa shape index (κ3) is 7.99. The molecular weight excluding hydrogens is 552 g/mol. The van der Waals surface area contributed by atoms with Crippen molar-refractivity contribution in [2.75, 3.05) is 58.8 Å². The molecule has 0 bridgehead atoms. The van der Waals surface area contributed by atoms with Gasteiger partial charge in [-0.2, -0.15) is 0 Å². The number of carboxylic acid groups (broad SMARTS) is 1. The van der Waals surface area contributed by atoms with Crippen LogP contribution < -0.4 is 4.74 Å². The molecule has 1 atom stereocenters. The van der Waals surface area contributed by atoms with Crippen LogP contribution in [0, 0.1) is 5.41 Å². The summed E-state index contributed by atoms with van der Waals surface area (Å²) < 4.78 is 11.0. The van der Waals surface area contributed by atoms with Crippen LogP contribution in [0.1, 0.15) is 49.3 Å². The average Bonchev–Trinajstić information content (AvgIpc) is 3.01. The minimum Gasteiger partial charge on any atom is -0.497 e. The number of methoxy groups -OCH3 is 1. The monoisotopic (exact) mass is 594 g/mol. The number of nitrogens with zero attached hydrogens (tertiary/aromatic N) is 4. The number of morpholine rings is 1. The maximum absolute atomic E-state index is 12.0. The smallest absolute Gasteiger partial charge is 0.303 e. The molecule has 0 unspecified atom stereocenters. The zero-order chi connectivity index (χ0) is 29.4. The number of hydrogen-bond donors (Lipinski definition) is 2. The van der Waals surface area contributed by atoms with Gasteiger partial charge in [0.1, 0.15) is 5.75 Å². The van der Waals surface area contributed by atoms with Crippen LogP contribution in [-0.4, -0.2) is 94.8 Å². The Labute approximate surface area is 252 Å². The van der Waals surface area contributed by atoms with Crippen molar-refractivity contribution in [3.63, 3.8) is 0 Å². The number of pyridine rings is 2. The maximum atomic E-state index is 12.0. The van der Waals surface area contributed by atoms with E-state index < -0.39 is 12.1 Å². The van der Waals surface area contributed by atoms with Crippen LogP contribution in [0.15, 0.2) is 53.8 Å². The SMILES string of the molecule is COc1ccc2ncc(CN3CCOCC3)c([C@@H](O)CCC3(CC(=O)O)CCN(CCSc4ccccn4)CC3)c2c1. The summed E-state index contributed by atoms with van der Waals surface area (Å²) in [6.07, 6.45) is 5.86. The number of ether oxygens (including phenoxy) is 2. The van der Waals surface area contributed by atoms with E-state index in [0.717, 1.165) is 84.1 Å². The highest BCUT2D eigenvalue weighted by Crippen LogP contribution is 2.42. The van der Waals surface area contributed by atoms with E-state index in [2.05, 4.69) is 14.8 Å². The normalized spacial score (nSPS) is 18.6. The molecule has 0 aliphatic carbocycles. The fourth-order valence-corrected chi connectivity index (χ4v) is 7.13. The van der Waals surface area contributed by atoms with Gasteiger partial charge >= 0.3 is 5.97 Å². The number of thioether (sulfide) groups is 1. The fraction of sp³-hybridized carbons (Fsp3) is 0.531. The second kappa shape index (κ2) is 14.6. The molecule has 9 nitrogen and oxygen atoms in total. The number of aliphatic hydroxyl groups is 1. The molecule has 2 aliphatic heterocycles. The Bertz CT molecular complexity index is 1310. The molecule has 2 saturated heterocycles. The Morgan fingerprint density at radius 1 is 1.12 bits per heavy atom. The number of carboxylic acids is 1. The van der Waals surface area contributed by atoms with Crippen LogP contribution in [0.25, 0.3) is 10.9 Å². The average molecular weight is 595 g/mol. The Hall–Kier alpha value is -2.76. The zero-order valence-corrected chi connectivity index (χ0v) is 25.2. The summed E-state index contributed by atoms with van der Waals surface area (Å²) in [6, 6.07) is 11.7. The van der Waals surface area contributed by atoms with E-state index in [1.807, 2.05) is 48.8 Å². The molecule has 2 aliphatic rings. The molecule has 0 spiro atoms. The zero-order valence-electron chi connectivity index (χ0n) is 24.4. The molecule has 5 rings (SSSR count). The van der Waals surface area contributed by atoms with Crippen LogP contribution >= 0.6 is 11.8 Å². The van der Waals surface area contributed by atoms with E-state index in [9.17, 15) is 15.0 Å². The second-order valence-corrected chi connectivity index (χ2v) is 12.6. The molecule has 0 radical (unpaired) electrons. The maximum Gasteiger partial charge on any atom is 0.303 e. The largest absolute Gasteiger partial charge is 0.497 e. The molecule has 4 heterocycles. The van der Waals surface area contributed by atoms with E-state index in [1.165, 1.54) is 0 Å². The molecule has 42 heavy (non-hydrogen) atoms. The van der Waals surface area contributed by atoms with Crippen molar-refractivity contribution in [3.05, 3.63) is 59.9 Å². The lowest BCUT2D eigenvalue weighted by molar-refractivity contribution is -0.141. The van der Waals surface area contributed by atoms with Gasteiger partial charge in [-0.3, -0.25) is 14.7 Å². The van der Waals surface area contributed by atoms with Crippen LogP contribution in [0.4, 0.5) is 0 Å². The van der Waals surface area contributed by atoms with Gasteiger partial charge in [0.15, 0.2) is 0 Å². The first-order chi connectivity index (χ1) is 20.4. The van der Waals surface area contributed by atoms with Crippen molar-refractivity contribution >= 4 is 28.6 Å². The molecule has 2 N–H and O–H groups in total. The Morgan fingerprint density at radius 3 is 2.64 bits per heavy atom. The topological polar surface area (TPSA) is 108 Å². The number of likely N-dealkylation sites (tertiary alicyclic amines) is 1. The number of piperidine rings is 1. The van der Waals surface area contributed by atoms with Crippen molar-refractivity contribution in [1.82, 2.24) is 19.8 Å². The highest BCUT2D eigenvalue weighted by molar-refractivity contribution is 7.99. The standard InChI is InChI=1S/C32H42N4O5S/c1-40-25-5-6-27-26(20-25)31(24(22-34-27)23-36-14-17-41-18-15-36)28(37)7-8-32(21-30(38)39)9-12-35(13-10-32)16-19-42-29-4-2-3-11-33-29/h2-6,11,20,22,28,37H,7-10,12-19,21,23H2,1H3,(H,38,39)/t28-/m0/s1. The number of aliphatic hydroxyl groups excluding tert-OH is 1. The van der Waals surface area contributed by atoms with Crippen LogP contribution in [0.5, 0.6) is 5.75 Å². The summed E-state index contributed by atoms with van der Waals surface area (Å²) in [5.74, 6) is 0.902. The van der Waals surface area contributed by atoms with E-state index >= 15 is 0 Å². The van der Waals surface area contributed by atoms with Gasteiger partial charge < -0.3 is 24.6 Å². The number of aliphatic carboxylic acids is 1. The summed E-state index contributed by atoms with van der Waals surface area (Å²) in [5, 5.41) is 23.5. The van der Waals surface area contributed by atoms with Gasteiger partial charge in [-0.25, -0.2) is 4.98 Å². The number of carbonyl (C=O) groups is 1. The Morgan fingerprint density at radius 2 is 1.93 bits per heavy atom. The minimum absolute atomic E-state index is 0.127. The van der Waals surface area contributed by atoms with Gasteiger partial charge in [-0.1, -0.05) is 6.07 Å². The van der Waals surface area contributed by atoms with E-state index in [4.69, 9.17) is 14.5 Å². The number of aromatic nitrogens is 2. The number of hydrogen-bond acceptors (Lipinski definition) is 9. The molecule has 2 aromatic heterocycles. The summed E-state index contributed by atoms with van der Waals surface area (Å²) in [7, 11) is 1.64. The van der Waals surface area contributed by atoms with Gasteiger partial charge in [-0.15, -0.1) is 11.8 Å². The Kier molecular flexibility index (Phi) is 10.7. The molecule has 226 valence electrons. The van der Waals surface area contributed by atoms with Crippen molar-refractivity contribution in [1.29, 1.82) is 0 Å². The Balaban J connectivity index is 1.28. The first kappa shape index (κ1) is 30.7. The molecule has 3 aromatic rings. The third-order valence-corrected chi connectivity index (χ3v) is 9.64. The summed E-state index contributed by atoms with van der Waals surface area (Å²) in [4.78, 5) is 25.8. The van der Waals surface area contributed by atoms with E-state index in [1.54, 1.807) is 18.9 Å². The first-order valence-electron chi connectivity index (χ1n) is 14.9. The summed E-state index contributed by atoms with van der Waals surface area (Å²) in [5.41, 5.74) is 2.35. The van der Waals surface area contributed by atoms with Gasteiger partial charge in [0.2, 0.25) is 0 Å². The van der Waals surface area contributed by atoms with Crippen molar-refractivity contribution in [3.8, 4) is 5.75 Å². The molecule has 10 heteroatoms. The third-order valence-electron chi connectivity index (χ3n) is 8.72. The number of rotatable bonds is 13. The predicted octanol–water partition coefficient (Wildman–Crippen LogP) is 4.63. The predicted molar refractivity (Wildman–Crippen MR) is 164 cm³/mol. The molecule has 0 saturated carbocycles. The molecular formula is C32H42N4O5S. The number of benzene rings is 1. The highest BCUT2D eigenvalue weighted by Gasteiger charge is 2.37. The fourth-order valence-electron chi connectivity index (χ4n) is 6.27. The second-order valence-electron chi connectivity index (χ2n) is 11.5. The lowest BCUT2D eigenvalue weighted by Gasteiger charge is -2.41. The quantitative estimate of drug-likeness (QED) is 0.272. The van der Waals surface area contributed by atoms with E-state index in [-0.39, 0.29) is 11.8 Å². The van der Waals surface area contributed by atoms with Crippen LogP contribution in [-0.2, 0) is 16.1 Å². The van der Waals surface area contributed by atoms with Crippen molar-refractivity contribution < 1.29 is 24.5 Å². The van der Waals surface area contributed by atoms with Gasteiger partial charge in [0.25, 0.3) is 0 Å². The lowest BCUT2D eigenvalue weighted by atomic mass is 9.71. The van der Waals surface area contributed by atoms with E-state index in [0.29, 0.717) is 32.6 Å². The van der Waals surface area contributed by atoms with Gasteiger partial charge in [0, 0.05) is 49.7 Å². The molecule has 0 amide bonds. The highest BCUT2D eigenvalue weighted by atomic mass is 32.2. The molecule has 1 aromatic carbocycles. The summed E-state index contributed by atoms with van der Waals surface area (Å²) in [6.45, 7) is 6.43. The lowest BCUT2D eigenvalue weighted by Crippen LogP contribution is -2.42. The van der Waals surface area contributed by atoms with Crippen LogP contribution in [0.2, 0.25) is 0 Å². The van der Waals surface area contributed by atoms with Crippen molar-refractivity contribution in [2.24, 2.45) is 5.41 Å². The van der Waals surface area contributed by atoms with Gasteiger partial charge in [-0.05, 0) is 85.6 Å².